The van der Waals surface area contributed by atoms with Crippen molar-refractivity contribution in [2.45, 2.75) is 0 Å². The van der Waals surface area contributed by atoms with Crippen LogP contribution in [0, 0.1) is 0 Å². The van der Waals surface area contributed by atoms with Crippen molar-refractivity contribution in [2.75, 3.05) is 14.2 Å². The molecule has 0 bridgehead atoms. The number of furan rings is 2. The molecule has 0 aliphatic carbocycles. The zero-order valence-corrected chi connectivity index (χ0v) is 17.7. The van der Waals surface area contributed by atoms with Crippen LogP contribution in [0.2, 0.25) is 0 Å². The van der Waals surface area contributed by atoms with Crippen molar-refractivity contribution in [1.82, 2.24) is 0 Å². The molecule has 0 spiro atoms. The molecule has 2 heterocycles. The zero-order valence-electron chi connectivity index (χ0n) is 17.7. The molecule has 3 aromatic carbocycles. The Morgan fingerprint density at radius 1 is 0.471 bits per heavy atom. The van der Waals surface area contributed by atoms with Crippen molar-refractivity contribution in [1.29, 1.82) is 0 Å². The van der Waals surface area contributed by atoms with Crippen LogP contribution < -0.4 is 41.4 Å². The molecule has 34 heavy (non-hydrogen) atoms. The summed E-state index contributed by atoms with van der Waals surface area (Å²) in [6.07, 6.45) is 0. The highest BCUT2D eigenvalue weighted by atomic mass is 16.5. The lowest BCUT2D eigenvalue weighted by Gasteiger charge is -2.11. The van der Waals surface area contributed by atoms with E-state index in [1.165, 1.54) is 38.5 Å². The Balaban J connectivity index is 1.80. The number of fused-ring (bicyclic) bond motifs is 2. The van der Waals surface area contributed by atoms with Gasteiger partial charge in [-0.1, -0.05) is 0 Å². The fourth-order valence-electron chi connectivity index (χ4n) is 3.58. The number of hydrogen-bond donors (Lipinski definition) is 0. The predicted octanol–water partition coefficient (Wildman–Crippen LogP) is 3.10. The monoisotopic (exact) mass is 462 g/mol. The third-order valence-corrected chi connectivity index (χ3v) is 5.15. The quantitative estimate of drug-likeness (QED) is 0.371. The molecule has 10 nitrogen and oxygen atoms in total. The van der Waals surface area contributed by atoms with Gasteiger partial charge < -0.3 is 27.8 Å². The predicted molar refractivity (Wildman–Crippen MR) is 120 cm³/mol. The van der Waals surface area contributed by atoms with E-state index in [9.17, 15) is 19.2 Å². The molecule has 0 amide bonds. The molecule has 10 heteroatoms. The lowest BCUT2D eigenvalue weighted by atomic mass is 10.1. The first kappa shape index (κ1) is 21.0. The van der Waals surface area contributed by atoms with Gasteiger partial charge in [0.25, 0.3) is 0 Å². The molecule has 0 saturated heterocycles. The molecule has 170 valence electrons. The maximum atomic E-state index is 12.6. The Labute approximate surface area is 188 Å². The highest BCUT2D eigenvalue weighted by molar-refractivity contribution is 6.10. The van der Waals surface area contributed by atoms with Crippen molar-refractivity contribution < 1.29 is 27.8 Å². The summed E-state index contributed by atoms with van der Waals surface area (Å²) in [6, 6.07) is 12.4. The number of rotatable bonds is 6. The van der Waals surface area contributed by atoms with Crippen LogP contribution >= 0.6 is 0 Å². The second-order valence-electron chi connectivity index (χ2n) is 7.07. The summed E-state index contributed by atoms with van der Waals surface area (Å²) in [5.74, 6) is 0.792. The maximum absolute atomic E-state index is 12.6. The van der Waals surface area contributed by atoms with Crippen LogP contribution in [-0.4, -0.2) is 14.2 Å². The van der Waals surface area contributed by atoms with E-state index in [1.807, 2.05) is 0 Å². The molecule has 0 saturated carbocycles. The molecule has 2 aromatic heterocycles. The Morgan fingerprint density at radius 2 is 0.735 bits per heavy atom. The van der Waals surface area contributed by atoms with Crippen LogP contribution in [0.15, 0.2) is 76.5 Å². The smallest absolute Gasteiger partial charge is 0.350 e. The van der Waals surface area contributed by atoms with Crippen LogP contribution in [0.4, 0.5) is 0 Å². The molecule has 0 unspecified atom stereocenters. The van der Waals surface area contributed by atoms with Crippen LogP contribution in [0.25, 0.3) is 21.5 Å². The van der Waals surface area contributed by atoms with Crippen LogP contribution in [0.3, 0.4) is 0 Å². The summed E-state index contributed by atoms with van der Waals surface area (Å²) in [5, 5.41) is -1.41. The first-order valence-corrected chi connectivity index (χ1v) is 9.82. The highest BCUT2D eigenvalue weighted by Crippen LogP contribution is 2.41. The van der Waals surface area contributed by atoms with Gasteiger partial charge in [-0.05, 0) is 48.5 Å². The summed E-state index contributed by atoms with van der Waals surface area (Å²) >= 11 is 0. The van der Waals surface area contributed by atoms with E-state index in [-0.39, 0.29) is 44.5 Å². The first-order valence-electron chi connectivity index (χ1n) is 9.82. The normalized spacial score (nSPS) is 11.1. The van der Waals surface area contributed by atoms with Crippen LogP contribution in [-0.2, 0) is 0 Å². The standard InChI is InChI=1S/C24H14O10/c1-29-11-3-7-13(8-4-11)31-19-15-17(23(27)33-21(15)25)20(18-16(19)22(26)34-24(18)28)32-14-9-5-12(30-2)6-10-14/h3-10H,1-2H3. The van der Waals surface area contributed by atoms with Gasteiger partial charge in [0.2, 0.25) is 0 Å². The third kappa shape index (κ3) is 3.28. The van der Waals surface area contributed by atoms with Crippen molar-refractivity contribution in [3.8, 4) is 34.5 Å². The number of benzene rings is 3. The van der Waals surface area contributed by atoms with Crippen molar-refractivity contribution >= 4 is 21.5 Å². The van der Waals surface area contributed by atoms with Crippen molar-refractivity contribution in [3.63, 3.8) is 0 Å². The Morgan fingerprint density at radius 3 is 1.00 bits per heavy atom. The molecule has 0 fully saturated rings. The average Bonchev–Trinajstić information content (AvgIpc) is 3.31. The van der Waals surface area contributed by atoms with Gasteiger partial charge in [0, 0.05) is 0 Å². The van der Waals surface area contributed by atoms with Gasteiger partial charge in [-0.25, -0.2) is 19.2 Å². The summed E-state index contributed by atoms with van der Waals surface area (Å²) in [4.78, 5) is 50.4. The molecular formula is C24H14O10. The number of ether oxygens (including phenoxy) is 4. The van der Waals surface area contributed by atoms with E-state index in [1.54, 1.807) is 24.3 Å². The largest absolute Gasteiger partial charge is 0.497 e. The minimum absolute atomic E-state index is 0.202. The lowest BCUT2D eigenvalue weighted by molar-refractivity contribution is 0.413. The van der Waals surface area contributed by atoms with Gasteiger partial charge in [-0.3, -0.25) is 0 Å². The van der Waals surface area contributed by atoms with Gasteiger partial charge >= 0.3 is 22.5 Å². The Bertz CT molecular complexity index is 1530. The molecule has 0 atom stereocenters. The Kier molecular flexibility index (Phi) is 4.90. The van der Waals surface area contributed by atoms with E-state index in [0.29, 0.717) is 11.5 Å². The average molecular weight is 462 g/mol. The summed E-state index contributed by atoms with van der Waals surface area (Å²) in [6.45, 7) is 0. The van der Waals surface area contributed by atoms with Gasteiger partial charge in [-0.2, -0.15) is 0 Å². The van der Waals surface area contributed by atoms with Crippen LogP contribution in [0.5, 0.6) is 34.5 Å². The molecular weight excluding hydrogens is 448 g/mol. The minimum Gasteiger partial charge on any atom is -0.497 e. The second-order valence-corrected chi connectivity index (χ2v) is 7.07. The van der Waals surface area contributed by atoms with E-state index in [2.05, 4.69) is 0 Å². The van der Waals surface area contributed by atoms with E-state index >= 15 is 0 Å². The molecule has 5 rings (SSSR count). The number of hydrogen-bond acceptors (Lipinski definition) is 10. The molecule has 5 aromatic rings. The molecule has 0 aliphatic heterocycles. The fourth-order valence-corrected chi connectivity index (χ4v) is 3.58. The van der Waals surface area contributed by atoms with Gasteiger partial charge in [0.05, 0.1) is 14.2 Å². The van der Waals surface area contributed by atoms with Gasteiger partial charge in [0.1, 0.15) is 44.5 Å². The second kappa shape index (κ2) is 7.93. The number of methoxy groups -OCH3 is 2. The highest BCUT2D eigenvalue weighted by Gasteiger charge is 2.30. The first-order chi connectivity index (χ1) is 16.4. The fraction of sp³-hybridized carbons (Fsp3) is 0.0833. The topological polar surface area (TPSA) is 131 Å². The van der Waals surface area contributed by atoms with E-state index < -0.39 is 22.5 Å². The van der Waals surface area contributed by atoms with Crippen molar-refractivity contribution in [3.05, 3.63) is 90.2 Å². The minimum atomic E-state index is -1.06. The SMILES string of the molecule is COc1ccc(Oc2c3c(=O)oc(=O)c3c(Oc3ccc(OC)cc3)c3c(=O)oc(=O)c23)cc1. The summed E-state index contributed by atoms with van der Waals surface area (Å²) in [5.41, 5.74) is -4.23. The zero-order chi connectivity index (χ0) is 24.0. The maximum Gasteiger partial charge on any atom is 0.350 e. The molecule has 0 N–H and O–H groups in total. The molecule has 0 aliphatic rings. The van der Waals surface area contributed by atoms with Gasteiger partial charge in [0.15, 0.2) is 11.5 Å². The lowest BCUT2D eigenvalue weighted by Crippen LogP contribution is -2.03. The van der Waals surface area contributed by atoms with E-state index in [0.717, 1.165) is 0 Å². The third-order valence-electron chi connectivity index (χ3n) is 5.15. The van der Waals surface area contributed by atoms with Gasteiger partial charge in [-0.15, -0.1) is 0 Å². The van der Waals surface area contributed by atoms with Crippen LogP contribution in [0.1, 0.15) is 0 Å². The van der Waals surface area contributed by atoms with Crippen molar-refractivity contribution in [2.24, 2.45) is 0 Å². The Hall–Kier alpha value is -4.86. The molecule has 0 radical (unpaired) electrons. The summed E-state index contributed by atoms with van der Waals surface area (Å²) in [7, 11) is 2.97. The summed E-state index contributed by atoms with van der Waals surface area (Å²) < 4.78 is 31.3. The van der Waals surface area contributed by atoms with E-state index in [4.69, 9.17) is 27.8 Å².